The lowest BCUT2D eigenvalue weighted by molar-refractivity contribution is 0.380. The van der Waals surface area contributed by atoms with E-state index in [1.54, 1.807) is 0 Å². The maximum atomic E-state index is 11.2. The molecule has 2 nitrogen and oxygen atoms in total. The first-order valence-corrected chi connectivity index (χ1v) is 5.41. The largest absolute Gasteiger partial charge is 0.369 e. The van der Waals surface area contributed by atoms with Crippen molar-refractivity contribution in [3.63, 3.8) is 0 Å². The summed E-state index contributed by atoms with van der Waals surface area (Å²) in [6, 6.07) is 0. The van der Waals surface area contributed by atoms with Crippen molar-refractivity contribution in [3.8, 4) is 0 Å². The van der Waals surface area contributed by atoms with Crippen LogP contribution in [0.1, 0.15) is 0 Å². The fourth-order valence-corrected chi connectivity index (χ4v) is 3.65. The average molecular weight is 132 g/mol. The molecule has 2 rings (SSSR count). The third kappa shape index (κ3) is 0.636. The molecule has 0 amide bonds. The fourth-order valence-electron chi connectivity index (χ4n) is 1.34. The highest BCUT2D eigenvalue weighted by atomic mass is 31.2. The minimum Gasteiger partial charge on any atom is -0.369 e. The Labute approximate surface area is 48.6 Å². The van der Waals surface area contributed by atoms with Gasteiger partial charge in [-0.2, -0.15) is 0 Å². The summed E-state index contributed by atoms with van der Waals surface area (Å²) in [5, 5.41) is 0. The monoisotopic (exact) mass is 132 g/mol. The van der Waals surface area contributed by atoms with E-state index in [4.69, 9.17) is 4.74 Å². The third-order valence-electron chi connectivity index (χ3n) is 1.82. The molecular weight excluding hydrogens is 123 g/mol. The maximum Gasteiger partial charge on any atom is 0.0914 e. The molecule has 0 aromatic rings. The minimum atomic E-state index is -1.67. The van der Waals surface area contributed by atoms with E-state index in [0.29, 0.717) is 12.2 Å². The number of hydrogen-bond donors (Lipinski definition) is 0. The van der Waals surface area contributed by atoms with E-state index in [-0.39, 0.29) is 0 Å². The Balaban J connectivity index is 2.18. The van der Waals surface area contributed by atoms with Gasteiger partial charge >= 0.3 is 0 Å². The molecule has 0 saturated carbocycles. The number of rotatable bonds is 0. The van der Waals surface area contributed by atoms with Crippen molar-refractivity contribution in [1.82, 2.24) is 0 Å². The van der Waals surface area contributed by atoms with E-state index < -0.39 is 7.14 Å². The molecule has 2 fully saturated rings. The zero-order valence-corrected chi connectivity index (χ0v) is 5.73. The van der Waals surface area contributed by atoms with Crippen molar-refractivity contribution in [2.24, 2.45) is 0 Å². The normalized spacial score (nSPS) is 60.6. The van der Waals surface area contributed by atoms with Crippen molar-refractivity contribution in [2.45, 2.75) is 12.2 Å². The molecule has 2 aliphatic rings. The van der Waals surface area contributed by atoms with E-state index in [1.165, 1.54) is 0 Å². The minimum absolute atomic E-state index is 0.394. The topological polar surface area (TPSA) is 29.6 Å². The first kappa shape index (κ1) is 5.01. The van der Waals surface area contributed by atoms with Crippen LogP contribution in [0.2, 0.25) is 0 Å². The number of epoxide rings is 1. The number of hydrogen-bond acceptors (Lipinski definition) is 2. The number of fused-ring (bicyclic) bond motifs is 1. The summed E-state index contributed by atoms with van der Waals surface area (Å²) in [5.74, 6) is 0. The molecule has 46 valence electrons. The summed E-state index contributed by atoms with van der Waals surface area (Å²) in [6.45, 7) is 1.88. The van der Waals surface area contributed by atoms with Crippen LogP contribution in [0, 0.1) is 0 Å². The summed E-state index contributed by atoms with van der Waals surface area (Å²) >= 11 is 0. The van der Waals surface area contributed by atoms with Crippen molar-refractivity contribution < 1.29 is 9.30 Å². The molecule has 0 aromatic heterocycles. The van der Waals surface area contributed by atoms with Crippen LogP contribution in [0.4, 0.5) is 0 Å². The average Bonchev–Trinajstić information content (AvgIpc) is 2.11. The smallest absolute Gasteiger partial charge is 0.0914 e. The molecule has 2 aliphatic heterocycles. The van der Waals surface area contributed by atoms with E-state index in [1.807, 2.05) is 6.66 Å². The highest BCUT2D eigenvalue weighted by Gasteiger charge is 2.51. The Morgan fingerprint density at radius 2 is 2.00 bits per heavy atom. The molecule has 2 saturated heterocycles. The van der Waals surface area contributed by atoms with Crippen molar-refractivity contribution in [2.75, 3.05) is 19.0 Å². The molecule has 3 heteroatoms. The van der Waals surface area contributed by atoms with Crippen LogP contribution in [0.5, 0.6) is 0 Å². The van der Waals surface area contributed by atoms with Crippen molar-refractivity contribution in [3.05, 3.63) is 0 Å². The van der Waals surface area contributed by atoms with E-state index in [9.17, 15) is 4.57 Å². The zero-order chi connectivity index (χ0) is 5.78. The second-order valence-electron chi connectivity index (χ2n) is 2.87. The van der Waals surface area contributed by atoms with Gasteiger partial charge in [0.05, 0.1) is 19.3 Å². The fraction of sp³-hybridized carbons (Fsp3) is 1.00. The lowest BCUT2D eigenvalue weighted by Gasteiger charge is -2.02. The SMILES string of the molecule is CP1(=O)CC2OC2C1. The predicted molar refractivity (Wildman–Crippen MR) is 31.9 cm³/mol. The molecule has 0 N–H and O–H groups in total. The van der Waals surface area contributed by atoms with Crippen LogP contribution < -0.4 is 0 Å². The molecule has 0 aliphatic carbocycles. The highest BCUT2D eigenvalue weighted by Crippen LogP contribution is 2.56. The summed E-state index contributed by atoms with van der Waals surface area (Å²) < 4.78 is 16.3. The van der Waals surface area contributed by atoms with Gasteiger partial charge in [0.2, 0.25) is 0 Å². The summed E-state index contributed by atoms with van der Waals surface area (Å²) in [5.41, 5.74) is 0. The van der Waals surface area contributed by atoms with Gasteiger partial charge in [-0.05, 0) is 6.66 Å². The molecule has 0 bridgehead atoms. The third-order valence-corrected chi connectivity index (χ3v) is 4.08. The van der Waals surface area contributed by atoms with Gasteiger partial charge in [-0.15, -0.1) is 0 Å². The maximum absolute atomic E-state index is 11.2. The Morgan fingerprint density at radius 1 is 1.50 bits per heavy atom. The van der Waals surface area contributed by atoms with Gasteiger partial charge in [-0.3, -0.25) is 0 Å². The second-order valence-corrected chi connectivity index (χ2v) is 6.20. The molecule has 2 heterocycles. The van der Waals surface area contributed by atoms with Gasteiger partial charge in [0.25, 0.3) is 0 Å². The molecule has 0 aromatic carbocycles. The van der Waals surface area contributed by atoms with Crippen molar-refractivity contribution >= 4 is 7.14 Å². The molecule has 2 atom stereocenters. The van der Waals surface area contributed by atoms with Gasteiger partial charge in [0.1, 0.15) is 0 Å². The number of ether oxygens (including phenoxy) is 1. The molecule has 8 heavy (non-hydrogen) atoms. The van der Waals surface area contributed by atoms with Gasteiger partial charge in [0, 0.05) is 12.3 Å². The first-order chi connectivity index (χ1) is 3.67. The van der Waals surface area contributed by atoms with Gasteiger partial charge in [0.15, 0.2) is 0 Å². The van der Waals surface area contributed by atoms with E-state index in [2.05, 4.69) is 0 Å². The predicted octanol–water partition coefficient (Wildman–Crippen LogP) is 0.760. The quantitative estimate of drug-likeness (QED) is 0.359. The van der Waals surface area contributed by atoms with E-state index >= 15 is 0 Å². The molecule has 0 spiro atoms. The Hall–Kier alpha value is 0.190. The molecule has 0 radical (unpaired) electrons. The van der Waals surface area contributed by atoms with Gasteiger partial charge in [-0.25, -0.2) is 0 Å². The lowest BCUT2D eigenvalue weighted by atomic mass is 10.4. The van der Waals surface area contributed by atoms with Gasteiger partial charge < -0.3 is 9.30 Å². The Morgan fingerprint density at radius 3 is 2.25 bits per heavy atom. The summed E-state index contributed by atoms with van der Waals surface area (Å²) in [4.78, 5) is 0. The van der Waals surface area contributed by atoms with Crippen LogP contribution in [0.25, 0.3) is 0 Å². The lowest BCUT2D eigenvalue weighted by Crippen LogP contribution is -1.89. The Bertz CT molecular complexity index is 152. The summed E-state index contributed by atoms with van der Waals surface area (Å²) in [7, 11) is -1.67. The zero-order valence-electron chi connectivity index (χ0n) is 4.83. The highest BCUT2D eigenvalue weighted by molar-refractivity contribution is 7.63. The van der Waals surface area contributed by atoms with Crippen LogP contribution in [0.15, 0.2) is 0 Å². The standard InChI is InChI=1S/C5H9O2P/c1-8(6)2-4-5(3-8)7-4/h4-5H,2-3H2,1H3. The first-order valence-electron chi connectivity index (χ1n) is 2.88. The molecule has 2 unspecified atom stereocenters. The molecular formula is C5H9O2P. The summed E-state index contributed by atoms with van der Waals surface area (Å²) in [6.07, 6.45) is 2.48. The van der Waals surface area contributed by atoms with Gasteiger partial charge in [-0.1, -0.05) is 0 Å². The van der Waals surface area contributed by atoms with E-state index in [0.717, 1.165) is 12.3 Å². The van der Waals surface area contributed by atoms with Crippen LogP contribution in [-0.4, -0.2) is 31.2 Å². The van der Waals surface area contributed by atoms with Crippen LogP contribution in [0.3, 0.4) is 0 Å². The van der Waals surface area contributed by atoms with Crippen LogP contribution in [-0.2, 0) is 9.30 Å². The second kappa shape index (κ2) is 1.19. The Kier molecular flexibility index (Phi) is 0.748. The van der Waals surface area contributed by atoms with Crippen LogP contribution >= 0.6 is 7.14 Å². The van der Waals surface area contributed by atoms with Crippen molar-refractivity contribution in [1.29, 1.82) is 0 Å².